The minimum atomic E-state index is -0.496. The number of nitrogens with one attached hydrogen (secondary N) is 1. The molecule has 7 nitrogen and oxygen atoms in total. The van der Waals surface area contributed by atoms with Crippen LogP contribution in [0.25, 0.3) is 0 Å². The molecule has 0 saturated heterocycles. The van der Waals surface area contributed by atoms with Gasteiger partial charge in [0, 0.05) is 17.5 Å². The van der Waals surface area contributed by atoms with Gasteiger partial charge in [-0.2, -0.15) is 0 Å². The average Bonchev–Trinajstić information content (AvgIpc) is 2.28. The van der Waals surface area contributed by atoms with Gasteiger partial charge in [0.2, 0.25) is 5.95 Å². The van der Waals surface area contributed by atoms with Gasteiger partial charge >= 0.3 is 0 Å². The monoisotopic (exact) mass is 245 g/mol. The third-order valence-corrected chi connectivity index (χ3v) is 2.18. The Balaban J connectivity index is 2.20. The predicted octanol–water partition coefficient (Wildman–Crippen LogP) is 2.14. The highest BCUT2D eigenvalue weighted by Crippen LogP contribution is 2.15. The number of nitro groups is 1. The molecule has 0 amide bonds. The highest BCUT2D eigenvalue weighted by molar-refractivity contribution is 5.49. The number of anilines is 2. The highest BCUT2D eigenvalue weighted by atomic mass is 16.6. The third kappa shape index (κ3) is 2.76. The standard InChI is InChI=1S/C11H11N5O2/c1-7-5-8(2)14-11(13-7)15-10-4-3-9(6-12-10)16(17)18/h3-6H,1-2H3,(H,12,13,14,15). The summed E-state index contributed by atoms with van der Waals surface area (Å²) in [6.45, 7) is 3.73. The first-order valence-corrected chi connectivity index (χ1v) is 5.24. The normalized spacial score (nSPS) is 10.1. The number of nitrogens with zero attached hydrogens (tertiary/aromatic N) is 4. The minimum Gasteiger partial charge on any atom is -0.309 e. The van der Waals surface area contributed by atoms with E-state index in [4.69, 9.17) is 0 Å². The summed E-state index contributed by atoms with van der Waals surface area (Å²) in [5.74, 6) is 0.888. The molecule has 1 N–H and O–H groups in total. The second-order valence-electron chi connectivity index (χ2n) is 3.76. The fourth-order valence-corrected chi connectivity index (χ4v) is 1.46. The lowest BCUT2D eigenvalue weighted by atomic mass is 10.3. The van der Waals surface area contributed by atoms with E-state index in [9.17, 15) is 10.1 Å². The van der Waals surface area contributed by atoms with Gasteiger partial charge in [-0.25, -0.2) is 15.0 Å². The molecular weight excluding hydrogens is 234 g/mol. The van der Waals surface area contributed by atoms with Crippen LogP contribution < -0.4 is 5.32 Å². The average molecular weight is 245 g/mol. The van der Waals surface area contributed by atoms with Crippen molar-refractivity contribution < 1.29 is 4.92 Å². The van der Waals surface area contributed by atoms with Crippen LogP contribution in [0.4, 0.5) is 17.5 Å². The summed E-state index contributed by atoms with van der Waals surface area (Å²) in [5.41, 5.74) is 1.63. The molecule has 0 aromatic carbocycles. The van der Waals surface area contributed by atoms with Crippen LogP contribution in [0.15, 0.2) is 24.4 Å². The number of aromatic nitrogens is 3. The first-order valence-electron chi connectivity index (χ1n) is 5.24. The summed E-state index contributed by atoms with van der Waals surface area (Å²) in [6, 6.07) is 4.74. The smallest absolute Gasteiger partial charge is 0.287 e. The third-order valence-electron chi connectivity index (χ3n) is 2.18. The Morgan fingerprint density at radius 2 is 1.89 bits per heavy atom. The molecule has 2 aromatic heterocycles. The van der Waals surface area contributed by atoms with Gasteiger partial charge in [-0.05, 0) is 26.0 Å². The van der Waals surface area contributed by atoms with Crippen molar-refractivity contribution >= 4 is 17.5 Å². The van der Waals surface area contributed by atoms with Gasteiger partial charge in [0.1, 0.15) is 12.0 Å². The molecule has 18 heavy (non-hydrogen) atoms. The van der Waals surface area contributed by atoms with Crippen LogP contribution in [-0.4, -0.2) is 19.9 Å². The number of aryl methyl sites for hydroxylation is 2. The number of hydrogen-bond acceptors (Lipinski definition) is 6. The van der Waals surface area contributed by atoms with Crippen molar-refractivity contribution in [3.8, 4) is 0 Å². The van der Waals surface area contributed by atoms with E-state index in [0.717, 1.165) is 11.4 Å². The zero-order chi connectivity index (χ0) is 13.1. The Labute approximate surface area is 103 Å². The van der Waals surface area contributed by atoms with E-state index in [1.807, 2.05) is 19.9 Å². The maximum atomic E-state index is 10.5. The van der Waals surface area contributed by atoms with Crippen molar-refractivity contribution in [2.45, 2.75) is 13.8 Å². The maximum absolute atomic E-state index is 10.5. The zero-order valence-electron chi connectivity index (χ0n) is 9.91. The quantitative estimate of drug-likeness (QED) is 0.657. The molecule has 0 bridgehead atoms. The molecule has 0 aliphatic rings. The fourth-order valence-electron chi connectivity index (χ4n) is 1.46. The van der Waals surface area contributed by atoms with Gasteiger partial charge in [-0.3, -0.25) is 10.1 Å². The molecule has 92 valence electrons. The van der Waals surface area contributed by atoms with Crippen molar-refractivity contribution in [3.63, 3.8) is 0 Å². The highest BCUT2D eigenvalue weighted by Gasteiger charge is 2.06. The summed E-state index contributed by atoms with van der Waals surface area (Å²) >= 11 is 0. The van der Waals surface area contributed by atoms with E-state index in [-0.39, 0.29) is 5.69 Å². The zero-order valence-corrected chi connectivity index (χ0v) is 9.91. The molecule has 2 aromatic rings. The molecule has 7 heteroatoms. The van der Waals surface area contributed by atoms with Crippen LogP contribution in [0, 0.1) is 24.0 Å². The van der Waals surface area contributed by atoms with E-state index in [0.29, 0.717) is 11.8 Å². The largest absolute Gasteiger partial charge is 0.309 e. The van der Waals surface area contributed by atoms with Crippen LogP contribution >= 0.6 is 0 Å². The molecule has 0 aliphatic heterocycles. The number of hydrogen-bond donors (Lipinski definition) is 1. The lowest BCUT2D eigenvalue weighted by Crippen LogP contribution is -2.01. The van der Waals surface area contributed by atoms with Gasteiger partial charge < -0.3 is 5.32 Å². The summed E-state index contributed by atoms with van der Waals surface area (Å²) in [7, 11) is 0. The van der Waals surface area contributed by atoms with Crippen LogP contribution in [-0.2, 0) is 0 Å². The molecule has 0 unspecified atom stereocenters. The second kappa shape index (κ2) is 4.74. The van der Waals surface area contributed by atoms with Crippen molar-refractivity contribution in [3.05, 3.63) is 45.9 Å². The SMILES string of the molecule is Cc1cc(C)nc(Nc2ccc([N+](=O)[O-])cn2)n1. The fraction of sp³-hybridized carbons (Fsp3) is 0.182. The molecule has 0 radical (unpaired) electrons. The van der Waals surface area contributed by atoms with E-state index < -0.39 is 4.92 Å². The molecule has 2 heterocycles. The molecular formula is C11H11N5O2. The van der Waals surface area contributed by atoms with Gasteiger partial charge in [-0.1, -0.05) is 0 Å². The Bertz CT molecular complexity index is 562. The summed E-state index contributed by atoms with van der Waals surface area (Å²) in [6.07, 6.45) is 1.19. The van der Waals surface area contributed by atoms with E-state index >= 15 is 0 Å². The maximum Gasteiger partial charge on any atom is 0.287 e. The molecule has 0 fully saturated rings. The molecule has 2 rings (SSSR count). The van der Waals surface area contributed by atoms with E-state index in [1.165, 1.54) is 18.3 Å². The Kier molecular flexibility index (Phi) is 3.13. The first kappa shape index (κ1) is 11.9. The lowest BCUT2D eigenvalue weighted by molar-refractivity contribution is -0.385. The Morgan fingerprint density at radius 1 is 1.22 bits per heavy atom. The minimum absolute atomic E-state index is 0.0538. The van der Waals surface area contributed by atoms with Gasteiger partial charge in [0.15, 0.2) is 0 Å². The van der Waals surface area contributed by atoms with Crippen LogP contribution in [0.2, 0.25) is 0 Å². The summed E-state index contributed by atoms with van der Waals surface area (Å²) in [4.78, 5) is 22.3. The number of rotatable bonds is 3. The van der Waals surface area contributed by atoms with Gasteiger partial charge in [0.05, 0.1) is 4.92 Å². The molecule has 0 atom stereocenters. The van der Waals surface area contributed by atoms with Crippen molar-refractivity contribution in [1.29, 1.82) is 0 Å². The number of pyridine rings is 1. The van der Waals surface area contributed by atoms with E-state index in [2.05, 4.69) is 20.3 Å². The van der Waals surface area contributed by atoms with Gasteiger partial charge in [0.25, 0.3) is 5.69 Å². The summed E-state index contributed by atoms with van der Waals surface area (Å²) < 4.78 is 0. The van der Waals surface area contributed by atoms with Crippen molar-refractivity contribution in [2.75, 3.05) is 5.32 Å². The van der Waals surface area contributed by atoms with E-state index in [1.54, 1.807) is 0 Å². The predicted molar refractivity (Wildman–Crippen MR) is 65.7 cm³/mol. The van der Waals surface area contributed by atoms with Crippen molar-refractivity contribution in [1.82, 2.24) is 15.0 Å². The molecule has 0 spiro atoms. The second-order valence-corrected chi connectivity index (χ2v) is 3.76. The Hall–Kier alpha value is -2.57. The first-order chi connectivity index (χ1) is 8.54. The topological polar surface area (TPSA) is 93.8 Å². The van der Waals surface area contributed by atoms with Crippen LogP contribution in [0.1, 0.15) is 11.4 Å². The van der Waals surface area contributed by atoms with Crippen LogP contribution in [0.3, 0.4) is 0 Å². The van der Waals surface area contributed by atoms with Crippen LogP contribution in [0.5, 0.6) is 0 Å². The van der Waals surface area contributed by atoms with Crippen molar-refractivity contribution in [2.24, 2.45) is 0 Å². The van der Waals surface area contributed by atoms with Gasteiger partial charge in [-0.15, -0.1) is 0 Å². The molecule has 0 aliphatic carbocycles. The Morgan fingerprint density at radius 3 is 2.39 bits per heavy atom. The lowest BCUT2D eigenvalue weighted by Gasteiger charge is -2.05. The molecule has 0 saturated carbocycles. The summed E-state index contributed by atoms with van der Waals surface area (Å²) in [5, 5.41) is 13.4.